The van der Waals surface area contributed by atoms with E-state index in [0.717, 1.165) is 0 Å². The van der Waals surface area contributed by atoms with Gasteiger partial charge in [-0.1, -0.05) is 13.8 Å². The molecule has 0 aliphatic rings. The number of carboxylic acids is 2. The lowest BCUT2D eigenvalue weighted by Crippen LogP contribution is -2.31. The number of hydrogen-bond donors (Lipinski definition) is 2. The number of hydrogen-bond acceptors (Lipinski definition) is 6. The lowest BCUT2D eigenvalue weighted by molar-refractivity contribution is -0.139. The molecule has 0 aliphatic carbocycles. The van der Waals surface area contributed by atoms with Gasteiger partial charge in [-0.25, -0.2) is 0 Å². The molecule has 2 atom stereocenters. The molecule has 0 aromatic rings. The summed E-state index contributed by atoms with van der Waals surface area (Å²) in [6.45, 7) is 3.14. The summed E-state index contributed by atoms with van der Waals surface area (Å²) in [5.74, 6) is -2.44. The Morgan fingerprint density at radius 1 is 0.950 bits per heavy atom. The van der Waals surface area contributed by atoms with Gasteiger partial charge in [-0.3, -0.25) is 9.59 Å². The van der Waals surface area contributed by atoms with Crippen LogP contribution in [0.25, 0.3) is 0 Å². The van der Waals surface area contributed by atoms with Crippen molar-refractivity contribution in [1.29, 1.82) is 10.5 Å². The maximum absolute atomic E-state index is 10.8. The number of nitriles is 2. The average molecular weight is 280 g/mol. The molecule has 0 aliphatic heterocycles. The minimum atomic E-state index is -1.58. The molecule has 20 heavy (non-hydrogen) atoms. The fraction of sp³-hybridized carbons (Fsp3) is 0.667. The Balaban J connectivity index is 5.47. The Morgan fingerprint density at radius 3 is 1.40 bits per heavy atom. The zero-order valence-electron chi connectivity index (χ0n) is 11.3. The van der Waals surface area contributed by atoms with Crippen molar-refractivity contribution in [1.82, 2.24) is 0 Å². The molecule has 108 valence electrons. The van der Waals surface area contributed by atoms with Gasteiger partial charge in [0.1, 0.15) is 0 Å². The second-order valence-electron chi connectivity index (χ2n) is 4.33. The van der Waals surface area contributed by atoms with Crippen molar-refractivity contribution in [2.45, 2.75) is 50.6 Å². The summed E-state index contributed by atoms with van der Waals surface area (Å²) in [5.41, 5.74) is -3.16. The van der Waals surface area contributed by atoms with Gasteiger partial charge in [0.25, 0.3) is 0 Å². The van der Waals surface area contributed by atoms with Crippen molar-refractivity contribution in [3.8, 4) is 12.1 Å². The standard InChI is InChI=1S/C12H16N4O4/c1-3-11(7-13,5-9(17)18)15-16-12(4-2,8-14)6-10(19)20/h3-6H2,1-2H3,(H,17,18)(H,19,20). The second-order valence-corrected chi connectivity index (χ2v) is 4.33. The summed E-state index contributed by atoms with van der Waals surface area (Å²) in [7, 11) is 0. The van der Waals surface area contributed by atoms with Crippen molar-refractivity contribution >= 4 is 11.9 Å². The first-order valence-electron chi connectivity index (χ1n) is 5.99. The topological polar surface area (TPSA) is 147 Å². The van der Waals surface area contributed by atoms with Gasteiger partial charge in [-0.05, 0) is 12.8 Å². The molecule has 0 spiro atoms. The maximum atomic E-state index is 10.8. The van der Waals surface area contributed by atoms with E-state index >= 15 is 0 Å². The van der Waals surface area contributed by atoms with Gasteiger partial charge in [0.05, 0.1) is 25.0 Å². The van der Waals surface area contributed by atoms with E-state index in [9.17, 15) is 9.59 Å². The van der Waals surface area contributed by atoms with E-state index in [1.165, 1.54) is 0 Å². The lowest BCUT2D eigenvalue weighted by atomic mass is 9.93. The van der Waals surface area contributed by atoms with Gasteiger partial charge >= 0.3 is 11.9 Å². The van der Waals surface area contributed by atoms with E-state index in [1.54, 1.807) is 26.0 Å². The van der Waals surface area contributed by atoms with E-state index < -0.39 is 35.9 Å². The number of carboxylic acid groups (broad SMARTS) is 2. The largest absolute Gasteiger partial charge is 0.481 e. The number of aliphatic carboxylic acids is 2. The molecular weight excluding hydrogens is 264 g/mol. The van der Waals surface area contributed by atoms with Gasteiger partial charge in [-0.2, -0.15) is 20.8 Å². The molecule has 0 fully saturated rings. The van der Waals surface area contributed by atoms with Gasteiger partial charge in [-0.15, -0.1) is 0 Å². The molecule has 2 unspecified atom stereocenters. The molecule has 0 bridgehead atoms. The van der Waals surface area contributed by atoms with Gasteiger partial charge in [0, 0.05) is 0 Å². The van der Waals surface area contributed by atoms with Crippen molar-refractivity contribution in [2.24, 2.45) is 10.2 Å². The third-order valence-electron chi connectivity index (χ3n) is 2.91. The summed E-state index contributed by atoms with van der Waals surface area (Å²) in [6, 6.07) is 3.55. The Bertz CT molecular complexity index is 447. The number of carbonyl (C=O) groups is 2. The van der Waals surface area contributed by atoms with Crippen molar-refractivity contribution in [2.75, 3.05) is 0 Å². The molecule has 0 amide bonds. The molecule has 8 heteroatoms. The fourth-order valence-electron chi connectivity index (χ4n) is 1.44. The predicted molar refractivity (Wildman–Crippen MR) is 66.6 cm³/mol. The highest BCUT2D eigenvalue weighted by Gasteiger charge is 2.36. The first kappa shape index (κ1) is 17.5. The Morgan fingerprint density at radius 2 is 1.25 bits per heavy atom. The molecule has 0 aromatic carbocycles. The zero-order chi connectivity index (χ0) is 15.8. The van der Waals surface area contributed by atoms with Crippen LogP contribution >= 0.6 is 0 Å². The minimum absolute atomic E-state index is 0.0948. The Kier molecular flexibility index (Phi) is 6.30. The van der Waals surface area contributed by atoms with E-state index in [0.29, 0.717) is 0 Å². The van der Waals surface area contributed by atoms with Crippen LogP contribution in [0.4, 0.5) is 0 Å². The van der Waals surface area contributed by atoms with Gasteiger partial charge in [0.2, 0.25) is 0 Å². The third-order valence-corrected chi connectivity index (χ3v) is 2.91. The maximum Gasteiger partial charge on any atom is 0.306 e. The van der Waals surface area contributed by atoms with E-state index in [-0.39, 0.29) is 12.8 Å². The number of rotatable bonds is 8. The fourth-order valence-corrected chi connectivity index (χ4v) is 1.44. The predicted octanol–water partition coefficient (Wildman–Crippen LogP) is 1.73. The van der Waals surface area contributed by atoms with Crippen molar-refractivity contribution in [3.63, 3.8) is 0 Å². The normalized spacial score (nSPS) is 16.6. The highest BCUT2D eigenvalue weighted by molar-refractivity contribution is 5.69. The molecular formula is C12H16N4O4. The van der Waals surface area contributed by atoms with Crippen molar-refractivity contribution < 1.29 is 19.8 Å². The zero-order valence-corrected chi connectivity index (χ0v) is 11.3. The van der Waals surface area contributed by atoms with Crippen LogP contribution in [0.2, 0.25) is 0 Å². The Hall–Kier alpha value is -2.48. The van der Waals surface area contributed by atoms with Crippen molar-refractivity contribution in [3.05, 3.63) is 0 Å². The lowest BCUT2D eigenvalue weighted by Gasteiger charge is -2.21. The number of azo groups is 1. The first-order valence-corrected chi connectivity index (χ1v) is 5.99. The van der Waals surface area contributed by atoms with Gasteiger partial charge < -0.3 is 10.2 Å². The minimum Gasteiger partial charge on any atom is -0.481 e. The molecule has 0 saturated carbocycles. The van der Waals surface area contributed by atoms with Crippen LogP contribution in [0.3, 0.4) is 0 Å². The molecule has 0 aromatic heterocycles. The molecule has 0 radical (unpaired) electrons. The molecule has 8 nitrogen and oxygen atoms in total. The van der Waals surface area contributed by atoms with Gasteiger partial charge in [0.15, 0.2) is 11.1 Å². The quantitative estimate of drug-likeness (QED) is 0.647. The summed E-state index contributed by atoms with van der Waals surface area (Å²) in [4.78, 5) is 21.5. The molecule has 0 rings (SSSR count). The van der Waals surface area contributed by atoms with Crippen LogP contribution in [0, 0.1) is 22.7 Å². The smallest absolute Gasteiger partial charge is 0.306 e. The van der Waals surface area contributed by atoms with Crippen LogP contribution in [0.1, 0.15) is 39.5 Å². The van der Waals surface area contributed by atoms with Crippen LogP contribution in [-0.2, 0) is 9.59 Å². The van der Waals surface area contributed by atoms with Crippen LogP contribution in [0.5, 0.6) is 0 Å². The molecule has 0 saturated heterocycles. The van der Waals surface area contributed by atoms with E-state index in [1.807, 2.05) is 0 Å². The summed E-state index contributed by atoms with van der Waals surface area (Å²) in [5, 5.41) is 43.1. The molecule has 2 N–H and O–H groups in total. The van der Waals surface area contributed by atoms with Crippen LogP contribution in [0.15, 0.2) is 10.2 Å². The Labute approximate surface area is 116 Å². The van der Waals surface area contributed by atoms with Crippen LogP contribution < -0.4 is 0 Å². The van der Waals surface area contributed by atoms with E-state index in [4.69, 9.17) is 20.7 Å². The summed E-state index contributed by atoms with van der Waals surface area (Å²) >= 11 is 0. The highest BCUT2D eigenvalue weighted by Crippen LogP contribution is 2.26. The number of nitrogens with zero attached hydrogens (tertiary/aromatic N) is 4. The summed E-state index contributed by atoms with van der Waals surface area (Å²) < 4.78 is 0. The first-order chi connectivity index (χ1) is 9.28. The summed E-state index contributed by atoms with van der Waals surface area (Å²) in [6.07, 6.45) is -0.918. The van der Waals surface area contributed by atoms with E-state index in [2.05, 4.69) is 10.2 Å². The van der Waals surface area contributed by atoms with Crippen LogP contribution in [-0.4, -0.2) is 33.2 Å². The SMILES string of the molecule is CCC(C#N)(CC(=O)O)N=NC(C#N)(CC)CC(=O)O. The highest BCUT2D eigenvalue weighted by atomic mass is 16.4. The monoisotopic (exact) mass is 280 g/mol. The second kappa shape index (κ2) is 7.19. The average Bonchev–Trinajstić information content (AvgIpc) is 2.41. The third kappa shape index (κ3) is 4.65. The molecule has 0 heterocycles.